The SMILES string of the molecule is CC(C)(C)[Si](OCC12CCCN1C/C(=C/F)C2)(c1ccccc1)c1ccccc1. The van der Waals surface area contributed by atoms with Gasteiger partial charge in [-0.3, -0.25) is 4.90 Å². The molecule has 4 rings (SSSR count). The zero-order chi connectivity index (χ0) is 20.5. The molecular weight excluding hydrogens is 377 g/mol. The van der Waals surface area contributed by atoms with E-state index < -0.39 is 8.32 Å². The molecule has 4 heteroatoms. The van der Waals surface area contributed by atoms with Crippen molar-refractivity contribution in [2.75, 3.05) is 19.7 Å². The average Bonchev–Trinajstić information content (AvgIpc) is 3.26. The monoisotopic (exact) mass is 409 g/mol. The fourth-order valence-electron chi connectivity index (χ4n) is 5.46. The molecule has 0 aromatic heterocycles. The first kappa shape index (κ1) is 20.5. The van der Waals surface area contributed by atoms with Crippen molar-refractivity contribution in [2.45, 2.75) is 50.6 Å². The summed E-state index contributed by atoms with van der Waals surface area (Å²) in [4.78, 5) is 2.45. The number of halogens is 1. The molecule has 0 amide bonds. The van der Waals surface area contributed by atoms with Crippen LogP contribution in [0.25, 0.3) is 0 Å². The van der Waals surface area contributed by atoms with Gasteiger partial charge < -0.3 is 4.43 Å². The fourth-order valence-corrected chi connectivity index (χ4v) is 10.1. The van der Waals surface area contributed by atoms with Crippen molar-refractivity contribution in [1.29, 1.82) is 0 Å². The first-order valence-electron chi connectivity index (χ1n) is 10.7. The molecule has 0 N–H and O–H groups in total. The van der Waals surface area contributed by atoms with Crippen LogP contribution in [0.3, 0.4) is 0 Å². The van der Waals surface area contributed by atoms with Gasteiger partial charge >= 0.3 is 0 Å². The van der Waals surface area contributed by atoms with Crippen molar-refractivity contribution in [3.63, 3.8) is 0 Å². The van der Waals surface area contributed by atoms with Crippen molar-refractivity contribution in [2.24, 2.45) is 0 Å². The summed E-state index contributed by atoms with van der Waals surface area (Å²) in [5, 5.41) is 2.57. The largest absolute Gasteiger partial charge is 0.406 e. The minimum absolute atomic E-state index is 0.0346. The molecule has 0 saturated carbocycles. The van der Waals surface area contributed by atoms with Gasteiger partial charge in [-0.25, -0.2) is 4.39 Å². The quantitative estimate of drug-likeness (QED) is 0.666. The Hall–Kier alpha value is -1.75. The number of hydrogen-bond donors (Lipinski definition) is 0. The van der Waals surface area contributed by atoms with E-state index in [1.165, 1.54) is 16.8 Å². The van der Waals surface area contributed by atoms with E-state index in [0.717, 1.165) is 37.8 Å². The van der Waals surface area contributed by atoms with Crippen molar-refractivity contribution in [3.8, 4) is 0 Å². The maximum absolute atomic E-state index is 13.3. The molecular formula is C25H32FNOSi. The molecule has 2 aliphatic rings. The van der Waals surface area contributed by atoms with Gasteiger partial charge in [0.25, 0.3) is 8.32 Å². The number of rotatable bonds is 5. The first-order chi connectivity index (χ1) is 13.9. The molecule has 1 unspecified atom stereocenters. The molecule has 2 aliphatic heterocycles. The van der Waals surface area contributed by atoms with Gasteiger partial charge in [0.05, 0.1) is 12.9 Å². The summed E-state index contributed by atoms with van der Waals surface area (Å²) in [5.41, 5.74) is 0.862. The van der Waals surface area contributed by atoms with E-state index in [1.54, 1.807) is 0 Å². The Morgan fingerprint density at radius 3 is 2.14 bits per heavy atom. The zero-order valence-electron chi connectivity index (χ0n) is 17.8. The molecule has 154 valence electrons. The predicted molar refractivity (Wildman–Crippen MR) is 121 cm³/mol. The highest BCUT2D eigenvalue weighted by atomic mass is 28.4. The molecule has 0 radical (unpaired) electrons. The van der Waals surface area contributed by atoms with Gasteiger partial charge in [-0.05, 0) is 46.8 Å². The molecule has 2 nitrogen and oxygen atoms in total. The molecule has 2 heterocycles. The average molecular weight is 410 g/mol. The minimum Gasteiger partial charge on any atom is -0.406 e. The molecule has 1 atom stereocenters. The second-order valence-electron chi connectivity index (χ2n) is 9.65. The normalized spacial score (nSPS) is 24.2. The maximum atomic E-state index is 13.3. The van der Waals surface area contributed by atoms with Crippen molar-refractivity contribution in [1.82, 2.24) is 4.90 Å². The van der Waals surface area contributed by atoms with Crippen LogP contribution in [-0.2, 0) is 4.43 Å². The Labute approximate surface area is 175 Å². The van der Waals surface area contributed by atoms with Crippen LogP contribution in [-0.4, -0.2) is 38.5 Å². The van der Waals surface area contributed by atoms with E-state index >= 15 is 0 Å². The van der Waals surface area contributed by atoms with E-state index in [4.69, 9.17) is 4.43 Å². The summed E-state index contributed by atoms with van der Waals surface area (Å²) in [6.07, 6.45) is 3.87. The molecule has 0 aliphatic carbocycles. The van der Waals surface area contributed by atoms with Crippen molar-refractivity contribution < 1.29 is 8.82 Å². The Balaban J connectivity index is 1.77. The van der Waals surface area contributed by atoms with Crippen LogP contribution in [0.5, 0.6) is 0 Å². The third-order valence-corrected chi connectivity index (χ3v) is 11.8. The Bertz CT molecular complexity index is 822. The number of fused-ring (bicyclic) bond motifs is 1. The van der Waals surface area contributed by atoms with Crippen LogP contribution in [0.15, 0.2) is 72.6 Å². The first-order valence-corrected chi connectivity index (χ1v) is 12.6. The van der Waals surface area contributed by atoms with E-state index in [0.29, 0.717) is 6.61 Å². The Morgan fingerprint density at radius 2 is 1.62 bits per heavy atom. The van der Waals surface area contributed by atoms with Crippen LogP contribution in [0.2, 0.25) is 5.04 Å². The van der Waals surface area contributed by atoms with Gasteiger partial charge in [-0.2, -0.15) is 0 Å². The lowest BCUT2D eigenvalue weighted by Gasteiger charge is -2.45. The lowest BCUT2D eigenvalue weighted by atomic mass is 9.94. The molecule has 0 bridgehead atoms. The highest BCUT2D eigenvalue weighted by Crippen LogP contribution is 2.44. The summed E-state index contributed by atoms with van der Waals surface area (Å²) in [6.45, 7) is 9.39. The zero-order valence-corrected chi connectivity index (χ0v) is 18.8. The standard InChI is InChI=1S/C25H32FNOSi/c1-24(2,3)29(22-11-6-4-7-12-22,23-13-8-5-9-14-23)28-20-25-15-10-16-27(25)19-21(17-25)18-26/h4-9,11-14,18H,10,15-17,19-20H2,1-3H3/b21-18+. The second-order valence-corrected chi connectivity index (χ2v) is 14.0. The maximum Gasteiger partial charge on any atom is 0.261 e. The number of hydrogen-bond acceptors (Lipinski definition) is 2. The van der Waals surface area contributed by atoms with E-state index in [2.05, 4.69) is 86.3 Å². The summed E-state index contributed by atoms with van der Waals surface area (Å²) in [5.74, 6) is 0. The van der Waals surface area contributed by atoms with Crippen LogP contribution in [0.1, 0.15) is 40.0 Å². The smallest absolute Gasteiger partial charge is 0.261 e. The van der Waals surface area contributed by atoms with Gasteiger partial charge in [-0.1, -0.05) is 81.4 Å². The van der Waals surface area contributed by atoms with Gasteiger partial charge in [0.1, 0.15) is 0 Å². The molecule has 2 fully saturated rings. The van der Waals surface area contributed by atoms with E-state index in [-0.39, 0.29) is 10.6 Å². The minimum atomic E-state index is -2.55. The molecule has 2 saturated heterocycles. The van der Waals surface area contributed by atoms with Crippen LogP contribution < -0.4 is 10.4 Å². The van der Waals surface area contributed by atoms with E-state index in [1.807, 2.05) is 0 Å². The van der Waals surface area contributed by atoms with Crippen LogP contribution >= 0.6 is 0 Å². The molecule has 2 aromatic rings. The van der Waals surface area contributed by atoms with Gasteiger partial charge in [0, 0.05) is 12.1 Å². The summed E-state index contributed by atoms with van der Waals surface area (Å²) in [7, 11) is -2.55. The number of nitrogens with zero attached hydrogens (tertiary/aromatic N) is 1. The predicted octanol–water partition coefficient (Wildman–Crippen LogP) is 4.65. The third kappa shape index (κ3) is 3.52. The highest BCUT2D eigenvalue weighted by molar-refractivity contribution is 6.99. The Kier molecular flexibility index (Phi) is 5.53. The molecule has 2 aromatic carbocycles. The second kappa shape index (κ2) is 7.82. The van der Waals surface area contributed by atoms with Crippen molar-refractivity contribution >= 4 is 18.7 Å². The summed E-state index contributed by atoms with van der Waals surface area (Å²) in [6, 6.07) is 21.6. The summed E-state index contributed by atoms with van der Waals surface area (Å²) >= 11 is 0. The summed E-state index contributed by atoms with van der Waals surface area (Å²) < 4.78 is 20.5. The molecule has 29 heavy (non-hydrogen) atoms. The molecule has 0 spiro atoms. The third-order valence-electron chi connectivity index (χ3n) is 6.82. The van der Waals surface area contributed by atoms with Gasteiger partial charge in [0.15, 0.2) is 0 Å². The van der Waals surface area contributed by atoms with Gasteiger partial charge in [0.2, 0.25) is 0 Å². The number of benzene rings is 2. The van der Waals surface area contributed by atoms with E-state index in [9.17, 15) is 4.39 Å². The topological polar surface area (TPSA) is 12.5 Å². The fraction of sp³-hybridized carbons (Fsp3) is 0.440. The Morgan fingerprint density at radius 1 is 1.03 bits per heavy atom. The highest BCUT2D eigenvalue weighted by Gasteiger charge is 2.53. The lowest BCUT2D eigenvalue weighted by molar-refractivity contribution is 0.108. The van der Waals surface area contributed by atoms with Crippen LogP contribution in [0.4, 0.5) is 4.39 Å². The van der Waals surface area contributed by atoms with Gasteiger partial charge in [-0.15, -0.1) is 0 Å². The van der Waals surface area contributed by atoms with Crippen molar-refractivity contribution in [3.05, 3.63) is 72.6 Å². The lowest BCUT2D eigenvalue weighted by Crippen LogP contribution is -2.68. The van der Waals surface area contributed by atoms with Crippen LogP contribution in [0, 0.1) is 0 Å².